The molecule has 2 aromatic carbocycles. The van der Waals surface area contributed by atoms with E-state index in [9.17, 15) is 15.2 Å². The largest absolute Gasteiger partial charge is 0.506 e. The monoisotopic (exact) mass is 375 g/mol. The first-order valence-electron chi connectivity index (χ1n) is 6.47. The van der Waals surface area contributed by atoms with Gasteiger partial charge in [0.2, 0.25) is 0 Å². The van der Waals surface area contributed by atoms with Gasteiger partial charge in [0, 0.05) is 16.7 Å². The van der Waals surface area contributed by atoms with Crippen LogP contribution in [0.15, 0.2) is 29.4 Å². The molecule has 124 valence electrons. The standard InChI is InChI=1S/C15H7Cl2N5O3/c16-11-1-10(15(23)12(17)4-11)7-20-21-13-2-8(5-18)9(6-19)3-14(13)22(24)25/h1-4,7,21,23H/b20-7-. The minimum Gasteiger partial charge on any atom is -0.506 e. The Bertz CT molecular complexity index is 977. The van der Waals surface area contributed by atoms with E-state index in [0.29, 0.717) is 0 Å². The molecular formula is C15H7Cl2N5O3. The van der Waals surface area contributed by atoms with Gasteiger partial charge in [-0.3, -0.25) is 15.5 Å². The molecule has 0 saturated carbocycles. The van der Waals surface area contributed by atoms with E-state index in [4.69, 9.17) is 33.7 Å². The molecule has 8 nitrogen and oxygen atoms in total. The minimum absolute atomic E-state index is 0.0186. The third-order valence-electron chi connectivity index (χ3n) is 3.02. The van der Waals surface area contributed by atoms with Crippen LogP contribution in [0.4, 0.5) is 11.4 Å². The van der Waals surface area contributed by atoms with Crippen LogP contribution in [-0.2, 0) is 0 Å². The van der Waals surface area contributed by atoms with Gasteiger partial charge in [-0.1, -0.05) is 23.2 Å². The maximum Gasteiger partial charge on any atom is 0.295 e. The van der Waals surface area contributed by atoms with Crippen LogP contribution in [0.1, 0.15) is 16.7 Å². The van der Waals surface area contributed by atoms with E-state index >= 15 is 0 Å². The molecule has 0 aromatic heterocycles. The number of anilines is 1. The molecule has 0 heterocycles. The topological polar surface area (TPSA) is 135 Å². The molecule has 0 atom stereocenters. The lowest BCUT2D eigenvalue weighted by molar-refractivity contribution is -0.384. The number of nitrogens with one attached hydrogen (secondary N) is 1. The van der Waals surface area contributed by atoms with Crippen LogP contribution in [0, 0.1) is 32.8 Å². The predicted octanol–water partition coefficient (Wildman–Crippen LogP) is 3.80. The number of rotatable bonds is 4. The molecule has 0 radical (unpaired) electrons. The van der Waals surface area contributed by atoms with Crippen LogP contribution in [0.3, 0.4) is 0 Å². The van der Waals surface area contributed by atoms with Gasteiger partial charge >= 0.3 is 0 Å². The van der Waals surface area contributed by atoms with Crippen molar-refractivity contribution < 1.29 is 10.0 Å². The molecule has 0 amide bonds. The van der Waals surface area contributed by atoms with E-state index in [0.717, 1.165) is 18.3 Å². The summed E-state index contributed by atoms with van der Waals surface area (Å²) in [5.74, 6) is -0.261. The van der Waals surface area contributed by atoms with Crippen molar-refractivity contribution in [3.05, 3.63) is 61.1 Å². The lowest BCUT2D eigenvalue weighted by atomic mass is 10.1. The number of nitrogens with zero attached hydrogens (tertiary/aromatic N) is 4. The SMILES string of the molecule is N#Cc1cc(N/N=C\c2cc(Cl)cc(Cl)c2O)c([N+](=O)[O-])cc1C#N. The molecule has 0 fully saturated rings. The molecule has 0 aliphatic heterocycles. The first-order valence-corrected chi connectivity index (χ1v) is 7.22. The Morgan fingerprint density at radius 1 is 1.20 bits per heavy atom. The average Bonchev–Trinajstić information content (AvgIpc) is 2.58. The molecule has 2 rings (SSSR count). The molecule has 0 saturated heterocycles. The van der Waals surface area contributed by atoms with E-state index in [-0.39, 0.29) is 38.2 Å². The summed E-state index contributed by atoms with van der Waals surface area (Å²) in [5.41, 5.74) is 1.90. The number of nitro benzene ring substituents is 1. The lowest BCUT2D eigenvalue weighted by Gasteiger charge is -2.05. The number of hydrogen-bond acceptors (Lipinski definition) is 7. The fourth-order valence-electron chi connectivity index (χ4n) is 1.87. The zero-order chi connectivity index (χ0) is 18.6. The summed E-state index contributed by atoms with van der Waals surface area (Å²) in [7, 11) is 0. The van der Waals surface area contributed by atoms with E-state index < -0.39 is 10.6 Å². The van der Waals surface area contributed by atoms with Gasteiger partial charge in [0.05, 0.1) is 27.3 Å². The van der Waals surface area contributed by atoms with Crippen molar-refractivity contribution in [2.45, 2.75) is 0 Å². The van der Waals surface area contributed by atoms with Gasteiger partial charge in [0.25, 0.3) is 5.69 Å². The fourth-order valence-corrected chi connectivity index (χ4v) is 2.38. The Morgan fingerprint density at radius 2 is 1.84 bits per heavy atom. The van der Waals surface area contributed by atoms with Crippen LogP contribution in [0.5, 0.6) is 5.75 Å². The second kappa shape index (κ2) is 7.49. The zero-order valence-corrected chi connectivity index (χ0v) is 13.7. The quantitative estimate of drug-likeness (QED) is 0.473. The van der Waals surface area contributed by atoms with Crippen molar-refractivity contribution in [1.29, 1.82) is 10.5 Å². The highest BCUT2D eigenvalue weighted by molar-refractivity contribution is 6.36. The smallest absolute Gasteiger partial charge is 0.295 e. The first-order chi connectivity index (χ1) is 11.9. The molecular weight excluding hydrogens is 369 g/mol. The molecule has 0 spiro atoms. The number of phenolic OH excluding ortho intramolecular Hbond substituents is 1. The summed E-state index contributed by atoms with van der Waals surface area (Å²) in [6, 6.07) is 8.33. The molecule has 25 heavy (non-hydrogen) atoms. The summed E-state index contributed by atoms with van der Waals surface area (Å²) < 4.78 is 0. The molecule has 0 unspecified atom stereocenters. The van der Waals surface area contributed by atoms with Crippen molar-refractivity contribution in [2.75, 3.05) is 5.43 Å². The third-order valence-corrected chi connectivity index (χ3v) is 3.53. The maximum atomic E-state index is 11.1. The summed E-state index contributed by atoms with van der Waals surface area (Å²) >= 11 is 11.6. The Balaban J connectivity index is 2.40. The van der Waals surface area contributed by atoms with Gasteiger partial charge in [0.1, 0.15) is 23.6 Å². The number of nitriles is 2. The molecule has 0 bridgehead atoms. The number of hydrazone groups is 1. The number of halogens is 2. The van der Waals surface area contributed by atoms with E-state index in [1.54, 1.807) is 12.1 Å². The van der Waals surface area contributed by atoms with Gasteiger partial charge in [-0.25, -0.2) is 0 Å². The molecule has 2 N–H and O–H groups in total. The average molecular weight is 376 g/mol. The van der Waals surface area contributed by atoms with E-state index in [1.807, 2.05) is 0 Å². The van der Waals surface area contributed by atoms with Gasteiger partial charge in [-0.15, -0.1) is 0 Å². The van der Waals surface area contributed by atoms with Gasteiger partial charge < -0.3 is 5.11 Å². The summed E-state index contributed by atoms with van der Waals surface area (Å²) in [6.07, 6.45) is 1.15. The summed E-state index contributed by atoms with van der Waals surface area (Å²) in [4.78, 5) is 10.4. The van der Waals surface area contributed by atoms with Crippen LogP contribution < -0.4 is 5.43 Å². The Kier molecular flexibility index (Phi) is 5.40. The Hall–Kier alpha value is -3.33. The molecule has 0 aliphatic rings. The van der Waals surface area contributed by atoms with Gasteiger partial charge in [-0.05, 0) is 18.2 Å². The number of nitro groups is 1. The maximum absolute atomic E-state index is 11.1. The molecule has 2 aromatic rings. The molecule has 0 aliphatic carbocycles. The highest BCUT2D eigenvalue weighted by atomic mass is 35.5. The molecule has 10 heteroatoms. The van der Waals surface area contributed by atoms with E-state index in [1.165, 1.54) is 12.1 Å². The van der Waals surface area contributed by atoms with Crippen LogP contribution in [0.2, 0.25) is 10.0 Å². The Morgan fingerprint density at radius 3 is 2.44 bits per heavy atom. The second-order valence-corrected chi connectivity index (χ2v) is 5.43. The number of benzene rings is 2. The first kappa shape index (κ1) is 18.0. The van der Waals surface area contributed by atoms with Crippen LogP contribution >= 0.6 is 23.2 Å². The van der Waals surface area contributed by atoms with Crippen molar-refractivity contribution in [2.24, 2.45) is 5.10 Å². The number of phenols is 1. The van der Waals surface area contributed by atoms with E-state index in [2.05, 4.69) is 10.5 Å². The van der Waals surface area contributed by atoms with Crippen molar-refractivity contribution in [3.8, 4) is 17.9 Å². The summed E-state index contributed by atoms with van der Waals surface area (Å²) in [6.45, 7) is 0. The van der Waals surface area contributed by atoms with Gasteiger partial charge in [-0.2, -0.15) is 15.6 Å². The number of aromatic hydroxyl groups is 1. The van der Waals surface area contributed by atoms with Crippen LogP contribution in [-0.4, -0.2) is 16.2 Å². The predicted molar refractivity (Wildman–Crippen MR) is 91.9 cm³/mol. The zero-order valence-electron chi connectivity index (χ0n) is 12.2. The normalized spacial score (nSPS) is 10.2. The second-order valence-electron chi connectivity index (χ2n) is 4.59. The summed E-state index contributed by atoms with van der Waals surface area (Å²) in [5, 5.41) is 42.9. The van der Waals surface area contributed by atoms with Crippen molar-refractivity contribution >= 4 is 40.8 Å². The fraction of sp³-hybridized carbons (Fsp3) is 0. The minimum atomic E-state index is -0.715. The Labute approximate surface area is 151 Å². The third kappa shape index (κ3) is 3.96. The highest BCUT2D eigenvalue weighted by Gasteiger charge is 2.18. The van der Waals surface area contributed by atoms with Gasteiger partial charge in [0.15, 0.2) is 0 Å². The lowest BCUT2D eigenvalue weighted by Crippen LogP contribution is -1.99. The van der Waals surface area contributed by atoms with Crippen molar-refractivity contribution in [1.82, 2.24) is 0 Å². The van der Waals surface area contributed by atoms with Crippen molar-refractivity contribution in [3.63, 3.8) is 0 Å². The van der Waals surface area contributed by atoms with Crippen LogP contribution in [0.25, 0.3) is 0 Å². The number of hydrogen-bond donors (Lipinski definition) is 2. The highest BCUT2D eigenvalue weighted by Crippen LogP contribution is 2.31.